The van der Waals surface area contributed by atoms with Crippen LogP contribution in [0.5, 0.6) is 23.0 Å². The van der Waals surface area contributed by atoms with Gasteiger partial charge in [-0.3, -0.25) is 0 Å². The van der Waals surface area contributed by atoms with Crippen molar-refractivity contribution in [1.82, 2.24) is 29.5 Å². The first kappa shape index (κ1) is 25.7. The molecule has 6 rings (SSSR count). The molecule has 0 bridgehead atoms. The highest BCUT2D eigenvalue weighted by molar-refractivity contribution is 5.96. The number of nitrogens with zero attached hydrogens (tertiary/aromatic N) is 6. The molecule has 1 N–H and O–H groups in total. The molecule has 4 heterocycles. The molecule has 5 aromatic rings. The van der Waals surface area contributed by atoms with Crippen LogP contribution in [-0.4, -0.2) is 68.7 Å². The van der Waals surface area contributed by atoms with Crippen molar-refractivity contribution in [2.24, 2.45) is 0 Å². The normalized spacial score (nSPS) is 17.2. The van der Waals surface area contributed by atoms with E-state index in [0.29, 0.717) is 46.2 Å². The lowest BCUT2D eigenvalue weighted by atomic mass is 10.0. The van der Waals surface area contributed by atoms with E-state index in [1.807, 2.05) is 31.2 Å². The number of piperidine rings is 1. The largest absolute Gasteiger partial charge is 0.497 e. The lowest BCUT2D eigenvalue weighted by Gasteiger charge is -2.36. The predicted octanol–water partition coefficient (Wildman–Crippen LogP) is 5.24. The van der Waals surface area contributed by atoms with E-state index in [9.17, 15) is 8.78 Å². The summed E-state index contributed by atoms with van der Waals surface area (Å²) in [6.45, 7) is 2.06. The van der Waals surface area contributed by atoms with E-state index in [0.717, 1.165) is 11.3 Å². The molecule has 0 aliphatic carbocycles. The number of alkyl halides is 2. The minimum atomic E-state index is -3.02. The van der Waals surface area contributed by atoms with Crippen LogP contribution in [0.25, 0.3) is 16.6 Å². The topological polar surface area (TPSA) is 98.9 Å². The highest BCUT2D eigenvalue weighted by Crippen LogP contribution is 2.39. The summed E-state index contributed by atoms with van der Waals surface area (Å²) < 4.78 is 48.8. The van der Waals surface area contributed by atoms with Crippen LogP contribution in [0.1, 0.15) is 12.0 Å². The van der Waals surface area contributed by atoms with Crippen LogP contribution in [0, 0.1) is 6.92 Å². The Morgan fingerprint density at radius 2 is 1.88 bits per heavy atom. The Morgan fingerprint density at radius 1 is 1.00 bits per heavy atom. The summed E-state index contributed by atoms with van der Waals surface area (Å²) in [5.74, 6) is -0.619. The number of pyridine rings is 1. The molecule has 0 radical (unpaired) electrons. The molecule has 3 aromatic heterocycles. The maximum Gasteiger partial charge on any atom is 0.296 e. The summed E-state index contributed by atoms with van der Waals surface area (Å²) >= 11 is 0. The van der Waals surface area contributed by atoms with Gasteiger partial charge in [0, 0.05) is 43.0 Å². The summed E-state index contributed by atoms with van der Waals surface area (Å²) in [7, 11) is 3.18. The van der Waals surface area contributed by atoms with E-state index in [-0.39, 0.29) is 18.7 Å². The van der Waals surface area contributed by atoms with Crippen LogP contribution in [0.4, 0.5) is 20.3 Å². The van der Waals surface area contributed by atoms with Gasteiger partial charge in [0.15, 0.2) is 11.8 Å². The first-order chi connectivity index (χ1) is 19.3. The molecular formula is C28H27F2N7O3. The molecule has 0 amide bonds. The van der Waals surface area contributed by atoms with Crippen molar-refractivity contribution in [3.05, 3.63) is 66.9 Å². The number of hydrogen-bond donors (Lipinski definition) is 1. The van der Waals surface area contributed by atoms with Crippen LogP contribution >= 0.6 is 0 Å². The number of benzene rings is 2. The second-order valence-electron chi connectivity index (χ2n) is 9.77. The second kappa shape index (κ2) is 10.2. The van der Waals surface area contributed by atoms with Gasteiger partial charge in [-0.2, -0.15) is 5.10 Å². The maximum absolute atomic E-state index is 14.9. The molecule has 0 spiro atoms. The van der Waals surface area contributed by atoms with Gasteiger partial charge >= 0.3 is 0 Å². The number of hydrogen-bond acceptors (Lipinski definition) is 9. The summed E-state index contributed by atoms with van der Waals surface area (Å²) in [5, 5.41) is 7.87. The number of halogens is 2. The van der Waals surface area contributed by atoms with Gasteiger partial charge in [-0.1, -0.05) is 0 Å². The fraction of sp³-hybridized carbons (Fsp3) is 0.286. The van der Waals surface area contributed by atoms with E-state index < -0.39 is 12.0 Å². The average molecular weight is 548 g/mol. The summed E-state index contributed by atoms with van der Waals surface area (Å²) in [4.78, 5) is 14.6. The fourth-order valence-corrected chi connectivity index (χ4v) is 4.79. The van der Waals surface area contributed by atoms with E-state index in [1.165, 1.54) is 19.8 Å². The SMILES string of the molecule is COc1cc(O[C@@H]2CCN(C)CC2(F)F)c2c(Nc3ccc(Oc4ccn5ncnc5c4)c(C)c3)ncnc2c1. The highest BCUT2D eigenvalue weighted by atomic mass is 19.3. The van der Waals surface area contributed by atoms with Crippen molar-refractivity contribution in [3.63, 3.8) is 0 Å². The van der Waals surface area contributed by atoms with Crippen LogP contribution in [0.3, 0.4) is 0 Å². The van der Waals surface area contributed by atoms with E-state index >= 15 is 0 Å². The molecule has 40 heavy (non-hydrogen) atoms. The van der Waals surface area contributed by atoms with E-state index in [4.69, 9.17) is 14.2 Å². The van der Waals surface area contributed by atoms with Gasteiger partial charge in [0.05, 0.1) is 24.6 Å². The molecule has 10 nitrogen and oxygen atoms in total. The average Bonchev–Trinajstić information content (AvgIpc) is 3.39. The Bertz CT molecular complexity index is 1690. The third-order valence-corrected chi connectivity index (χ3v) is 6.82. The van der Waals surface area contributed by atoms with Crippen LogP contribution < -0.4 is 19.5 Å². The first-order valence-electron chi connectivity index (χ1n) is 12.7. The summed E-state index contributed by atoms with van der Waals surface area (Å²) in [5.41, 5.74) is 2.78. The molecule has 0 unspecified atom stereocenters. The first-order valence-corrected chi connectivity index (χ1v) is 12.7. The number of ether oxygens (including phenoxy) is 3. The molecule has 1 fully saturated rings. The van der Waals surface area contributed by atoms with Crippen LogP contribution in [-0.2, 0) is 0 Å². The van der Waals surface area contributed by atoms with Crippen LogP contribution in [0.15, 0.2) is 61.3 Å². The fourth-order valence-electron chi connectivity index (χ4n) is 4.79. The molecule has 1 aliphatic rings. The standard InChI is InChI=1S/C28H27F2N7O3/c1-17-10-18(4-5-22(17)39-19-6-9-37-25(13-19)32-16-34-37)35-27-26-21(31-15-33-27)11-20(38-3)12-23(26)40-24-7-8-36(2)14-28(24,29)30/h4-6,9-13,15-16,24H,7-8,14H2,1-3H3,(H,31,33,35)/t24-/m1/s1. The Labute approximate surface area is 228 Å². The van der Waals surface area contributed by atoms with Gasteiger partial charge in [0.1, 0.15) is 41.5 Å². The quantitative estimate of drug-likeness (QED) is 0.293. The third-order valence-electron chi connectivity index (χ3n) is 6.82. The molecule has 206 valence electrons. The zero-order chi connectivity index (χ0) is 27.9. The molecule has 1 saturated heterocycles. The number of aryl methyl sites for hydroxylation is 1. The number of rotatable bonds is 7. The summed E-state index contributed by atoms with van der Waals surface area (Å²) in [6, 6.07) is 12.5. The maximum atomic E-state index is 14.9. The Balaban J connectivity index is 1.30. The van der Waals surface area contributed by atoms with Crippen molar-refractivity contribution < 1.29 is 23.0 Å². The number of likely N-dealkylation sites (tertiary alicyclic amines) is 1. The van der Waals surface area contributed by atoms with E-state index in [2.05, 4.69) is 25.4 Å². The van der Waals surface area contributed by atoms with Crippen molar-refractivity contribution in [1.29, 1.82) is 0 Å². The Hall–Kier alpha value is -4.58. The van der Waals surface area contributed by atoms with Crippen LogP contribution in [0.2, 0.25) is 0 Å². The molecule has 1 aliphatic heterocycles. The molecular weight excluding hydrogens is 520 g/mol. The number of anilines is 2. The summed E-state index contributed by atoms with van der Waals surface area (Å²) in [6.07, 6.45) is 3.56. The van der Waals surface area contributed by atoms with Gasteiger partial charge in [0.25, 0.3) is 5.92 Å². The predicted molar refractivity (Wildman–Crippen MR) is 145 cm³/mol. The van der Waals surface area contributed by atoms with Gasteiger partial charge in [-0.25, -0.2) is 28.2 Å². The van der Waals surface area contributed by atoms with E-state index in [1.54, 1.807) is 40.9 Å². The van der Waals surface area contributed by atoms with Gasteiger partial charge in [-0.05, 0) is 43.8 Å². The monoisotopic (exact) mass is 547 g/mol. The van der Waals surface area contributed by atoms with Gasteiger partial charge in [0.2, 0.25) is 0 Å². The van der Waals surface area contributed by atoms with Crippen molar-refractivity contribution >= 4 is 28.1 Å². The van der Waals surface area contributed by atoms with Crippen molar-refractivity contribution in [3.8, 4) is 23.0 Å². The number of aromatic nitrogens is 5. The van der Waals surface area contributed by atoms with Crippen molar-refractivity contribution in [2.45, 2.75) is 25.4 Å². The molecule has 12 heteroatoms. The van der Waals surface area contributed by atoms with Gasteiger partial charge in [-0.15, -0.1) is 0 Å². The number of methoxy groups -OCH3 is 1. The van der Waals surface area contributed by atoms with Crippen molar-refractivity contribution in [2.75, 3.05) is 32.6 Å². The number of fused-ring (bicyclic) bond motifs is 2. The smallest absolute Gasteiger partial charge is 0.296 e. The molecule has 1 atom stereocenters. The third kappa shape index (κ3) is 5.05. The molecule has 2 aromatic carbocycles. The minimum absolute atomic E-state index is 0.184. The number of nitrogens with one attached hydrogen (secondary N) is 1. The zero-order valence-corrected chi connectivity index (χ0v) is 22.1. The Morgan fingerprint density at radius 3 is 2.67 bits per heavy atom. The Kier molecular flexibility index (Phi) is 6.54. The zero-order valence-electron chi connectivity index (χ0n) is 22.1. The van der Waals surface area contributed by atoms with Gasteiger partial charge < -0.3 is 24.4 Å². The lowest BCUT2D eigenvalue weighted by Crippen LogP contribution is -2.52. The second-order valence-corrected chi connectivity index (χ2v) is 9.77. The highest BCUT2D eigenvalue weighted by Gasteiger charge is 2.45. The molecule has 0 saturated carbocycles. The minimum Gasteiger partial charge on any atom is -0.497 e. The lowest BCUT2D eigenvalue weighted by molar-refractivity contribution is -0.134.